The van der Waals surface area contributed by atoms with Crippen molar-refractivity contribution in [1.29, 1.82) is 0 Å². The van der Waals surface area contributed by atoms with Gasteiger partial charge in [-0.05, 0) is 19.3 Å². The third-order valence-corrected chi connectivity index (χ3v) is 11.3. The maximum absolute atomic E-state index is 12.4. The van der Waals surface area contributed by atoms with Crippen LogP contribution in [-0.4, -0.2) is 34.9 Å². The van der Waals surface area contributed by atoms with Crippen LogP contribution >= 0.6 is 0 Å². The molecule has 3 N–H and O–H groups in total. The number of nitrogens with one attached hydrogen (secondary N) is 1. The first kappa shape index (κ1) is 51.1. The Morgan fingerprint density at radius 1 is 0.442 bits per heavy atom. The van der Waals surface area contributed by atoms with E-state index in [1.807, 2.05) is 6.08 Å². The molecule has 0 aromatic carbocycles. The summed E-state index contributed by atoms with van der Waals surface area (Å²) < 4.78 is 0. The lowest BCUT2D eigenvalue weighted by molar-refractivity contribution is -0.123. The number of aliphatic hydroxyl groups is 2. The van der Waals surface area contributed by atoms with Crippen molar-refractivity contribution in [1.82, 2.24) is 5.32 Å². The van der Waals surface area contributed by atoms with Crippen LogP contribution in [0.2, 0.25) is 0 Å². The highest BCUT2D eigenvalue weighted by molar-refractivity contribution is 5.76. The SMILES string of the molecule is CCCCCCCCCCCCC/C=C/[C@@H](O)[C@H](CO)NC(=O)CCCCCCCCCCCCCCCCCCCCCCCCCCCCC. The molecule has 0 heterocycles. The summed E-state index contributed by atoms with van der Waals surface area (Å²) in [5, 5.41) is 23.0. The Hall–Kier alpha value is -0.870. The van der Waals surface area contributed by atoms with Gasteiger partial charge >= 0.3 is 0 Å². The molecular formula is C48H95NO3. The highest BCUT2D eigenvalue weighted by Crippen LogP contribution is 2.17. The van der Waals surface area contributed by atoms with Gasteiger partial charge in [-0.15, -0.1) is 0 Å². The lowest BCUT2D eigenvalue weighted by atomic mass is 10.0. The standard InChI is InChI=1S/C48H95NO3/c1-3-5-7-9-11-13-15-17-18-19-20-21-22-23-24-25-26-27-28-29-30-32-34-36-38-40-42-44-48(52)49-46(45-50)47(51)43-41-39-37-35-33-31-16-14-12-10-8-6-4-2/h41,43,46-47,50-51H,3-40,42,44-45H2,1-2H3,(H,49,52)/b43-41+/t46-,47+/m0/s1. The Balaban J connectivity index is 3.43. The Kier molecular flexibility index (Phi) is 43.8. The Morgan fingerprint density at radius 2 is 0.712 bits per heavy atom. The normalized spacial score (nSPS) is 12.9. The van der Waals surface area contributed by atoms with Crippen LogP contribution in [0.5, 0.6) is 0 Å². The maximum Gasteiger partial charge on any atom is 0.220 e. The van der Waals surface area contributed by atoms with Crippen LogP contribution in [0.15, 0.2) is 12.2 Å². The third-order valence-electron chi connectivity index (χ3n) is 11.3. The van der Waals surface area contributed by atoms with Crippen molar-refractivity contribution in [2.24, 2.45) is 0 Å². The molecule has 0 aliphatic rings. The summed E-state index contributed by atoms with van der Waals surface area (Å²) in [6.45, 7) is 4.33. The van der Waals surface area contributed by atoms with Crippen molar-refractivity contribution >= 4 is 5.91 Å². The van der Waals surface area contributed by atoms with Crippen molar-refractivity contribution in [3.63, 3.8) is 0 Å². The number of hydrogen-bond acceptors (Lipinski definition) is 3. The molecular weight excluding hydrogens is 639 g/mol. The molecule has 52 heavy (non-hydrogen) atoms. The van der Waals surface area contributed by atoms with Gasteiger partial charge in [0.1, 0.15) is 0 Å². The molecule has 0 radical (unpaired) electrons. The zero-order valence-corrected chi connectivity index (χ0v) is 35.6. The molecule has 4 nitrogen and oxygen atoms in total. The second-order valence-corrected chi connectivity index (χ2v) is 16.5. The minimum atomic E-state index is -0.833. The summed E-state index contributed by atoms with van der Waals surface area (Å²) in [6.07, 6.45) is 56.3. The molecule has 0 spiro atoms. The fourth-order valence-corrected chi connectivity index (χ4v) is 7.59. The largest absolute Gasteiger partial charge is 0.394 e. The molecule has 0 unspecified atom stereocenters. The van der Waals surface area contributed by atoms with Crippen LogP contribution in [-0.2, 0) is 4.79 Å². The zero-order valence-electron chi connectivity index (χ0n) is 35.6. The first-order valence-corrected chi connectivity index (χ1v) is 23.9. The molecule has 0 aliphatic carbocycles. The second-order valence-electron chi connectivity index (χ2n) is 16.5. The van der Waals surface area contributed by atoms with E-state index in [1.165, 1.54) is 225 Å². The minimum Gasteiger partial charge on any atom is -0.394 e. The van der Waals surface area contributed by atoms with E-state index in [9.17, 15) is 15.0 Å². The van der Waals surface area contributed by atoms with Crippen molar-refractivity contribution < 1.29 is 15.0 Å². The number of aliphatic hydroxyl groups excluding tert-OH is 2. The van der Waals surface area contributed by atoms with E-state index < -0.39 is 12.1 Å². The summed E-state index contributed by atoms with van der Waals surface area (Å²) in [5.41, 5.74) is 0. The predicted octanol–water partition coefficient (Wildman–Crippen LogP) is 15.0. The number of carbonyl (C=O) groups is 1. The average Bonchev–Trinajstić information content (AvgIpc) is 3.15. The van der Waals surface area contributed by atoms with Crippen molar-refractivity contribution in [2.45, 2.75) is 283 Å². The highest BCUT2D eigenvalue weighted by Gasteiger charge is 2.18. The van der Waals surface area contributed by atoms with E-state index in [-0.39, 0.29) is 12.5 Å². The number of carbonyl (C=O) groups excluding carboxylic acids is 1. The van der Waals surface area contributed by atoms with Crippen LogP contribution in [0.1, 0.15) is 271 Å². The fourth-order valence-electron chi connectivity index (χ4n) is 7.59. The van der Waals surface area contributed by atoms with Gasteiger partial charge in [0.15, 0.2) is 0 Å². The van der Waals surface area contributed by atoms with E-state index >= 15 is 0 Å². The zero-order chi connectivity index (χ0) is 37.8. The van der Waals surface area contributed by atoms with E-state index in [4.69, 9.17) is 0 Å². The number of amides is 1. The quantitative estimate of drug-likeness (QED) is 0.0431. The van der Waals surface area contributed by atoms with Gasteiger partial charge in [0.05, 0.1) is 18.8 Å². The van der Waals surface area contributed by atoms with Gasteiger partial charge < -0.3 is 15.5 Å². The number of hydrogen-bond donors (Lipinski definition) is 3. The summed E-state index contributed by atoms with van der Waals surface area (Å²) in [4.78, 5) is 12.4. The maximum atomic E-state index is 12.4. The number of rotatable bonds is 44. The Labute approximate surface area is 327 Å². The first-order valence-electron chi connectivity index (χ1n) is 23.9. The molecule has 0 fully saturated rings. The molecule has 2 atom stereocenters. The van der Waals surface area contributed by atoms with Crippen LogP contribution in [0.3, 0.4) is 0 Å². The topological polar surface area (TPSA) is 69.6 Å². The van der Waals surface area contributed by atoms with Gasteiger partial charge in [0.2, 0.25) is 5.91 Å². The lowest BCUT2D eigenvalue weighted by Gasteiger charge is -2.20. The summed E-state index contributed by atoms with van der Waals surface area (Å²) in [5.74, 6) is -0.0588. The molecule has 0 aromatic rings. The smallest absolute Gasteiger partial charge is 0.220 e. The molecule has 1 amide bonds. The number of allylic oxidation sites excluding steroid dienone is 1. The fraction of sp³-hybridized carbons (Fsp3) is 0.938. The van der Waals surface area contributed by atoms with Gasteiger partial charge in [-0.3, -0.25) is 4.79 Å². The molecule has 0 aromatic heterocycles. The molecule has 0 rings (SSSR count). The van der Waals surface area contributed by atoms with Gasteiger partial charge in [-0.1, -0.05) is 257 Å². The Morgan fingerprint density at radius 3 is 1.00 bits per heavy atom. The third kappa shape index (κ3) is 40.3. The number of unbranched alkanes of at least 4 members (excludes halogenated alkanes) is 37. The molecule has 0 saturated heterocycles. The monoisotopic (exact) mass is 734 g/mol. The van der Waals surface area contributed by atoms with Crippen LogP contribution in [0.25, 0.3) is 0 Å². The van der Waals surface area contributed by atoms with Crippen LogP contribution in [0.4, 0.5) is 0 Å². The molecule has 310 valence electrons. The van der Waals surface area contributed by atoms with Gasteiger partial charge in [0.25, 0.3) is 0 Å². The molecule has 0 aliphatic heterocycles. The summed E-state index contributed by atoms with van der Waals surface area (Å²) in [6, 6.07) is -0.616. The lowest BCUT2D eigenvalue weighted by Crippen LogP contribution is -2.45. The minimum absolute atomic E-state index is 0.0588. The van der Waals surface area contributed by atoms with Gasteiger partial charge in [-0.25, -0.2) is 0 Å². The summed E-state index contributed by atoms with van der Waals surface area (Å²) >= 11 is 0. The summed E-state index contributed by atoms with van der Waals surface area (Å²) in [7, 11) is 0. The first-order chi connectivity index (χ1) is 25.7. The van der Waals surface area contributed by atoms with Crippen molar-refractivity contribution in [2.75, 3.05) is 6.61 Å². The van der Waals surface area contributed by atoms with Crippen molar-refractivity contribution in [3.8, 4) is 0 Å². The van der Waals surface area contributed by atoms with Gasteiger partial charge in [0, 0.05) is 6.42 Å². The molecule has 0 bridgehead atoms. The van der Waals surface area contributed by atoms with Crippen LogP contribution in [0, 0.1) is 0 Å². The van der Waals surface area contributed by atoms with Crippen LogP contribution < -0.4 is 5.32 Å². The highest BCUT2D eigenvalue weighted by atomic mass is 16.3. The van der Waals surface area contributed by atoms with Gasteiger partial charge in [-0.2, -0.15) is 0 Å². The molecule has 0 saturated carbocycles. The molecule has 4 heteroatoms. The Bertz CT molecular complexity index is 710. The predicted molar refractivity (Wildman–Crippen MR) is 230 cm³/mol. The average molecular weight is 734 g/mol. The van der Waals surface area contributed by atoms with Crippen molar-refractivity contribution in [3.05, 3.63) is 12.2 Å². The van der Waals surface area contributed by atoms with E-state index in [0.717, 1.165) is 25.7 Å². The van der Waals surface area contributed by atoms with E-state index in [0.29, 0.717) is 6.42 Å². The van der Waals surface area contributed by atoms with E-state index in [2.05, 4.69) is 19.2 Å². The van der Waals surface area contributed by atoms with E-state index in [1.54, 1.807) is 6.08 Å². The second kappa shape index (κ2) is 44.5.